The molecule has 3 aromatic rings. The zero-order valence-electron chi connectivity index (χ0n) is 10.1. The van der Waals surface area contributed by atoms with Crippen LogP contribution in [0, 0.1) is 6.92 Å². The minimum atomic E-state index is -1.17. The van der Waals surface area contributed by atoms with Gasteiger partial charge >= 0.3 is 5.97 Å². The highest BCUT2D eigenvalue weighted by Gasteiger charge is 2.15. The fraction of sp³-hybridized carbons (Fsp3) is 0.0714. The van der Waals surface area contributed by atoms with E-state index >= 15 is 0 Å². The smallest absolute Gasteiger partial charge is 0.374 e. The number of carboxylic acids is 1. The molecular formula is C14H10N2O3. The van der Waals surface area contributed by atoms with Crippen molar-refractivity contribution in [2.45, 2.75) is 6.92 Å². The fourth-order valence-electron chi connectivity index (χ4n) is 1.96. The van der Waals surface area contributed by atoms with Crippen LogP contribution >= 0.6 is 0 Å². The van der Waals surface area contributed by atoms with Crippen LogP contribution in [-0.2, 0) is 0 Å². The fourth-order valence-corrected chi connectivity index (χ4v) is 1.96. The molecule has 2 aromatic heterocycles. The zero-order valence-corrected chi connectivity index (χ0v) is 10.1. The average molecular weight is 254 g/mol. The van der Waals surface area contributed by atoms with Gasteiger partial charge in [0.15, 0.2) is 0 Å². The number of aryl methyl sites for hydroxylation is 1. The molecule has 5 nitrogen and oxygen atoms in total. The molecule has 0 spiro atoms. The van der Waals surface area contributed by atoms with Gasteiger partial charge in [0.25, 0.3) is 0 Å². The largest absolute Gasteiger partial charge is 0.475 e. The third-order valence-corrected chi connectivity index (χ3v) is 2.81. The van der Waals surface area contributed by atoms with Gasteiger partial charge in [0.1, 0.15) is 0 Å². The molecule has 1 aromatic carbocycles. The molecule has 0 unspecified atom stereocenters. The summed E-state index contributed by atoms with van der Waals surface area (Å²) in [6.45, 7) is 1.97. The van der Waals surface area contributed by atoms with Crippen LogP contribution in [-0.4, -0.2) is 21.0 Å². The van der Waals surface area contributed by atoms with E-state index < -0.39 is 5.97 Å². The second-order valence-electron chi connectivity index (χ2n) is 4.21. The number of aromatic carboxylic acids is 1. The molecule has 3 rings (SSSR count). The van der Waals surface area contributed by atoms with E-state index in [1.165, 1.54) is 6.26 Å². The Morgan fingerprint density at radius 3 is 2.84 bits per heavy atom. The number of furan rings is 1. The van der Waals surface area contributed by atoms with Crippen molar-refractivity contribution in [1.29, 1.82) is 0 Å². The maximum atomic E-state index is 11.1. The summed E-state index contributed by atoms with van der Waals surface area (Å²) in [4.78, 5) is 19.0. The van der Waals surface area contributed by atoms with Crippen molar-refractivity contribution in [2.24, 2.45) is 0 Å². The Morgan fingerprint density at radius 1 is 1.26 bits per heavy atom. The highest BCUT2D eigenvalue weighted by atomic mass is 16.4. The van der Waals surface area contributed by atoms with E-state index in [1.54, 1.807) is 6.07 Å². The number of aromatic nitrogens is 2. The van der Waals surface area contributed by atoms with E-state index in [0.717, 1.165) is 11.1 Å². The van der Waals surface area contributed by atoms with Crippen molar-refractivity contribution in [1.82, 2.24) is 9.97 Å². The number of nitrogens with zero attached hydrogens (tertiary/aromatic N) is 2. The topological polar surface area (TPSA) is 76.2 Å². The highest BCUT2D eigenvalue weighted by molar-refractivity contribution is 5.93. The Balaban J connectivity index is 2.32. The third-order valence-electron chi connectivity index (χ3n) is 2.81. The molecule has 0 atom stereocenters. The van der Waals surface area contributed by atoms with Crippen LogP contribution in [0.4, 0.5) is 0 Å². The molecule has 1 N–H and O–H groups in total. The molecule has 5 heteroatoms. The Morgan fingerprint density at radius 2 is 2.11 bits per heavy atom. The van der Waals surface area contributed by atoms with E-state index in [0.29, 0.717) is 11.1 Å². The summed E-state index contributed by atoms with van der Waals surface area (Å²) in [6, 6.07) is 9.43. The molecule has 0 bridgehead atoms. The van der Waals surface area contributed by atoms with E-state index in [-0.39, 0.29) is 11.5 Å². The molecule has 19 heavy (non-hydrogen) atoms. The summed E-state index contributed by atoms with van der Waals surface area (Å²) in [5.41, 5.74) is 2.77. The summed E-state index contributed by atoms with van der Waals surface area (Å²) >= 11 is 0. The molecule has 0 fully saturated rings. The van der Waals surface area contributed by atoms with Crippen LogP contribution in [0.25, 0.3) is 22.4 Å². The highest BCUT2D eigenvalue weighted by Crippen LogP contribution is 2.27. The second kappa shape index (κ2) is 4.20. The van der Waals surface area contributed by atoms with Gasteiger partial charge in [-0.2, -0.15) is 4.98 Å². The minimum absolute atomic E-state index is 0.265. The normalized spacial score (nSPS) is 10.8. The standard InChI is InChI=1S/C14H10N2O3/c1-8-3-2-4-9(7-8)11-10-5-6-19-13(10)16-12(15-11)14(17)18/h2-7H,1H3,(H,17,18). The monoisotopic (exact) mass is 254 g/mol. The van der Waals surface area contributed by atoms with Gasteiger partial charge in [-0.25, -0.2) is 9.78 Å². The van der Waals surface area contributed by atoms with Crippen LogP contribution in [0.15, 0.2) is 41.0 Å². The summed E-state index contributed by atoms with van der Waals surface area (Å²) in [6.07, 6.45) is 1.48. The molecule has 94 valence electrons. The van der Waals surface area contributed by atoms with Crippen LogP contribution in [0.1, 0.15) is 16.2 Å². The van der Waals surface area contributed by atoms with Crippen LogP contribution < -0.4 is 0 Å². The molecule has 0 radical (unpaired) electrons. The number of carbonyl (C=O) groups is 1. The average Bonchev–Trinajstić information content (AvgIpc) is 2.85. The lowest BCUT2D eigenvalue weighted by Crippen LogP contribution is -2.05. The first-order chi connectivity index (χ1) is 9.15. The predicted octanol–water partition coefficient (Wildman–Crippen LogP) is 2.90. The Bertz CT molecular complexity index is 777. The van der Waals surface area contributed by atoms with Crippen molar-refractivity contribution in [2.75, 3.05) is 0 Å². The van der Waals surface area contributed by atoms with Crippen molar-refractivity contribution in [3.8, 4) is 11.3 Å². The van der Waals surface area contributed by atoms with Crippen LogP contribution in [0.5, 0.6) is 0 Å². The first kappa shape index (κ1) is 11.4. The molecule has 0 aliphatic carbocycles. The van der Waals surface area contributed by atoms with Gasteiger partial charge in [-0.05, 0) is 19.1 Å². The summed E-state index contributed by atoms with van der Waals surface area (Å²) < 4.78 is 5.19. The maximum Gasteiger partial charge on any atom is 0.374 e. The number of rotatable bonds is 2. The van der Waals surface area contributed by atoms with Crippen molar-refractivity contribution in [3.05, 3.63) is 48.0 Å². The molecule has 2 heterocycles. The van der Waals surface area contributed by atoms with Gasteiger partial charge in [0, 0.05) is 5.56 Å². The molecule has 0 aliphatic heterocycles. The van der Waals surface area contributed by atoms with Gasteiger partial charge in [0.2, 0.25) is 11.5 Å². The van der Waals surface area contributed by atoms with Crippen LogP contribution in [0.3, 0.4) is 0 Å². The number of carboxylic acid groups (broad SMARTS) is 1. The van der Waals surface area contributed by atoms with Crippen molar-refractivity contribution in [3.63, 3.8) is 0 Å². The summed E-state index contributed by atoms with van der Waals surface area (Å²) in [7, 11) is 0. The molecular weight excluding hydrogens is 244 g/mol. The van der Waals surface area contributed by atoms with Crippen molar-refractivity contribution >= 4 is 17.1 Å². The predicted molar refractivity (Wildman–Crippen MR) is 68.9 cm³/mol. The van der Waals surface area contributed by atoms with E-state index in [2.05, 4.69) is 9.97 Å². The number of hydrogen-bond donors (Lipinski definition) is 1. The van der Waals surface area contributed by atoms with Gasteiger partial charge in [-0.3, -0.25) is 0 Å². The van der Waals surface area contributed by atoms with E-state index in [1.807, 2.05) is 31.2 Å². The Kier molecular flexibility index (Phi) is 2.52. The second-order valence-corrected chi connectivity index (χ2v) is 4.21. The van der Waals surface area contributed by atoms with Crippen LogP contribution in [0.2, 0.25) is 0 Å². The van der Waals surface area contributed by atoms with Gasteiger partial charge in [-0.15, -0.1) is 0 Å². The lowest BCUT2D eigenvalue weighted by atomic mass is 10.1. The van der Waals surface area contributed by atoms with Gasteiger partial charge < -0.3 is 9.52 Å². The maximum absolute atomic E-state index is 11.1. The first-order valence-corrected chi connectivity index (χ1v) is 5.71. The number of benzene rings is 1. The Hall–Kier alpha value is -2.69. The van der Waals surface area contributed by atoms with Gasteiger partial charge in [0.05, 0.1) is 17.3 Å². The third kappa shape index (κ3) is 1.95. The van der Waals surface area contributed by atoms with E-state index in [4.69, 9.17) is 9.52 Å². The minimum Gasteiger partial charge on any atom is -0.475 e. The number of fused-ring (bicyclic) bond motifs is 1. The van der Waals surface area contributed by atoms with Gasteiger partial charge in [-0.1, -0.05) is 23.8 Å². The Labute approximate surface area is 108 Å². The SMILES string of the molecule is Cc1cccc(-c2nc(C(=O)O)nc3occc23)c1. The zero-order chi connectivity index (χ0) is 13.4. The lowest BCUT2D eigenvalue weighted by molar-refractivity contribution is 0.0683. The molecule has 0 amide bonds. The molecule has 0 saturated heterocycles. The summed E-state index contributed by atoms with van der Waals surface area (Å²) in [5.74, 6) is -1.44. The quantitative estimate of drug-likeness (QED) is 0.760. The van der Waals surface area contributed by atoms with Crippen molar-refractivity contribution < 1.29 is 14.3 Å². The van der Waals surface area contributed by atoms with E-state index in [9.17, 15) is 4.79 Å². The molecule has 0 aliphatic rings. The summed E-state index contributed by atoms with van der Waals surface area (Å²) in [5, 5.41) is 9.75. The first-order valence-electron chi connectivity index (χ1n) is 5.71. The number of hydrogen-bond acceptors (Lipinski definition) is 4. The lowest BCUT2D eigenvalue weighted by Gasteiger charge is -2.04. The molecule has 0 saturated carbocycles.